The summed E-state index contributed by atoms with van der Waals surface area (Å²) in [6, 6.07) is 3.95. The number of hydrogen-bond donors (Lipinski definition) is 1. The summed E-state index contributed by atoms with van der Waals surface area (Å²) in [5.74, 6) is 0.505. The van der Waals surface area contributed by atoms with Crippen molar-refractivity contribution >= 4 is 29.1 Å². The van der Waals surface area contributed by atoms with Gasteiger partial charge in [-0.3, -0.25) is 9.59 Å². The Bertz CT molecular complexity index is 720. The monoisotopic (exact) mass is 387 g/mol. The summed E-state index contributed by atoms with van der Waals surface area (Å²) in [6.45, 7) is 0. The van der Waals surface area contributed by atoms with Crippen LogP contribution in [-0.4, -0.2) is 41.9 Å². The fraction of sp³-hybridized carbons (Fsp3) is 0.545. The van der Waals surface area contributed by atoms with E-state index in [2.05, 4.69) is 6.08 Å². The minimum Gasteiger partial charge on any atom is -0.392 e. The van der Waals surface area contributed by atoms with Crippen LogP contribution < -0.4 is 0 Å². The lowest BCUT2D eigenvalue weighted by Gasteiger charge is -2.19. The molecule has 0 spiro atoms. The zero-order valence-electron chi connectivity index (χ0n) is 16.1. The van der Waals surface area contributed by atoms with E-state index in [1.54, 1.807) is 36.4 Å². The van der Waals surface area contributed by atoms with E-state index in [-0.39, 0.29) is 23.5 Å². The van der Waals surface area contributed by atoms with E-state index < -0.39 is 6.10 Å². The van der Waals surface area contributed by atoms with Crippen LogP contribution in [0.25, 0.3) is 6.08 Å². The molecule has 27 heavy (non-hydrogen) atoms. The highest BCUT2D eigenvalue weighted by Crippen LogP contribution is 2.48. The molecule has 0 aliphatic heterocycles. The maximum Gasteiger partial charge on any atom is 0.222 e. The maximum absolute atomic E-state index is 12.7. The summed E-state index contributed by atoms with van der Waals surface area (Å²) in [7, 11) is 3.58. The molecule has 0 radical (unpaired) electrons. The first-order chi connectivity index (χ1) is 13.0. The summed E-state index contributed by atoms with van der Waals surface area (Å²) < 4.78 is 0. The van der Waals surface area contributed by atoms with Crippen molar-refractivity contribution in [2.45, 2.75) is 44.6 Å². The molecule has 3 rings (SSSR count). The molecular weight excluding hydrogens is 358 g/mol. The van der Waals surface area contributed by atoms with Crippen molar-refractivity contribution in [3.63, 3.8) is 0 Å². The third kappa shape index (κ3) is 4.96. The van der Waals surface area contributed by atoms with Crippen molar-refractivity contribution in [1.82, 2.24) is 4.90 Å². The Morgan fingerprint density at radius 1 is 1.33 bits per heavy atom. The Labute approximate surface area is 165 Å². The average Bonchev–Trinajstić information content (AvgIpc) is 3.32. The minimum atomic E-state index is -0.531. The Balaban J connectivity index is 1.50. The molecule has 1 heterocycles. The van der Waals surface area contributed by atoms with Crippen molar-refractivity contribution in [3.05, 3.63) is 40.1 Å². The van der Waals surface area contributed by atoms with Crippen LogP contribution in [0.4, 0.5) is 0 Å². The first kappa shape index (κ1) is 20.0. The molecule has 1 saturated carbocycles. The van der Waals surface area contributed by atoms with Gasteiger partial charge in [0.25, 0.3) is 0 Å². The zero-order chi connectivity index (χ0) is 19.4. The number of carbonyl (C=O) groups excluding carboxylic acids is 2. The summed E-state index contributed by atoms with van der Waals surface area (Å²) in [4.78, 5) is 27.0. The van der Waals surface area contributed by atoms with Crippen LogP contribution in [0.1, 0.15) is 43.4 Å². The van der Waals surface area contributed by atoms with Gasteiger partial charge >= 0.3 is 0 Å². The number of carbonyl (C=O) groups is 2. The third-order valence-corrected chi connectivity index (χ3v) is 6.65. The fourth-order valence-corrected chi connectivity index (χ4v) is 5.01. The number of rotatable bonds is 8. The van der Waals surface area contributed by atoms with Crippen molar-refractivity contribution in [2.24, 2.45) is 17.8 Å². The standard InChI is InChI=1S/C22H29NO3S/c1-23(2)21(26)8-4-3-6-15-12-16-14-20(25)22(18(16)13-15)19(24)10-9-17-7-5-11-27-17/h5,7,9-12,16,18,20,22,25H,3-4,6,8,13-14H2,1-2H3/b10-9+/t16-,18-,20+,22-/m0/s1. The summed E-state index contributed by atoms with van der Waals surface area (Å²) in [6.07, 6.45) is 10.4. The normalized spacial score (nSPS) is 27.0. The van der Waals surface area contributed by atoms with E-state index in [1.165, 1.54) is 5.57 Å². The van der Waals surface area contributed by atoms with Gasteiger partial charge in [0.2, 0.25) is 5.91 Å². The molecular formula is C22H29NO3S. The number of unbranched alkanes of at least 4 members (excludes halogenated alkanes) is 1. The second kappa shape index (κ2) is 8.98. The predicted molar refractivity (Wildman–Crippen MR) is 109 cm³/mol. The van der Waals surface area contributed by atoms with E-state index >= 15 is 0 Å². The number of hydrogen-bond acceptors (Lipinski definition) is 4. The quantitative estimate of drug-likeness (QED) is 0.418. The molecule has 2 aliphatic rings. The lowest BCUT2D eigenvalue weighted by Crippen LogP contribution is -2.27. The molecule has 1 N–H and O–H groups in total. The van der Waals surface area contributed by atoms with E-state index in [0.717, 1.165) is 30.6 Å². The van der Waals surface area contributed by atoms with Gasteiger partial charge in [-0.25, -0.2) is 0 Å². The molecule has 0 bridgehead atoms. The Morgan fingerprint density at radius 3 is 2.85 bits per heavy atom. The largest absolute Gasteiger partial charge is 0.392 e. The van der Waals surface area contributed by atoms with Crippen LogP contribution in [0, 0.1) is 17.8 Å². The number of amides is 1. The van der Waals surface area contributed by atoms with Gasteiger partial charge in [-0.15, -0.1) is 11.3 Å². The fourth-order valence-electron chi connectivity index (χ4n) is 4.39. The Morgan fingerprint density at radius 2 is 2.15 bits per heavy atom. The molecule has 5 heteroatoms. The van der Waals surface area contributed by atoms with Crippen molar-refractivity contribution < 1.29 is 14.7 Å². The number of nitrogens with zero attached hydrogens (tertiary/aromatic N) is 1. The molecule has 4 nitrogen and oxygen atoms in total. The first-order valence-electron chi connectivity index (χ1n) is 9.79. The number of ketones is 1. The minimum absolute atomic E-state index is 0.0506. The van der Waals surface area contributed by atoms with Gasteiger partial charge in [-0.2, -0.15) is 0 Å². The van der Waals surface area contributed by atoms with Crippen LogP contribution in [0.3, 0.4) is 0 Å². The van der Waals surface area contributed by atoms with Crippen molar-refractivity contribution in [3.8, 4) is 0 Å². The van der Waals surface area contributed by atoms with Gasteiger partial charge in [0.15, 0.2) is 5.78 Å². The lowest BCUT2D eigenvalue weighted by molar-refractivity contribution is -0.128. The lowest BCUT2D eigenvalue weighted by atomic mass is 9.86. The molecule has 2 aliphatic carbocycles. The van der Waals surface area contributed by atoms with Crippen LogP contribution in [0.5, 0.6) is 0 Å². The summed E-state index contributed by atoms with van der Waals surface area (Å²) >= 11 is 1.60. The highest BCUT2D eigenvalue weighted by Gasteiger charge is 2.47. The number of allylic oxidation sites excluding steroid dienone is 3. The number of fused-ring (bicyclic) bond motifs is 1. The Hall–Kier alpha value is -1.72. The van der Waals surface area contributed by atoms with E-state index in [0.29, 0.717) is 18.8 Å². The molecule has 146 valence electrons. The molecule has 1 fully saturated rings. The van der Waals surface area contributed by atoms with Gasteiger partial charge in [-0.05, 0) is 67.5 Å². The highest BCUT2D eigenvalue weighted by molar-refractivity contribution is 7.10. The van der Waals surface area contributed by atoms with Crippen LogP contribution in [-0.2, 0) is 9.59 Å². The van der Waals surface area contributed by atoms with Crippen molar-refractivity contribution in [1.29, 1.82) is 0 Å². The molecule has 0 saturated heterocycles. The average molecular weight is 388 g/mol. The Kier molecular flexibility index (Phi) is 6.66. The number of aliphatic hydroxyl groups excluding tert-OH is 1. The van der Waals surface area contributed by atoms with Gasteiger partial charge in [0, 0.05) is 25.4 Å². The molecule has 1 aromatic heterocycles. The van der Waals surface area contributed by atoms with Gasteiger partial charge in [-0.1, -0.05) is 17.7 Å². The summed E-state index contributed by atoms with van der Waals surface area (Å²) in [5, 5.41) is 12.4. The topological polar surface area (TPSA) is 57.6 Å². The number of aliphatic hydroxyl groups is 1. The zero-order valence-corrected chi connectivity index (χ0v) is 17.0. The van der Waals surface area contributed by atoms with Gasteiger partial charge in [0.1, 0.15) is 0 Å². The van der Waals surface area contributed by atoms with Gasteiger partial charge < -0.3 is 10.0 Å². The van der Waals surface area contributed by atoms with E-state index in [1.807, 2.05) is 23.6 Å². The molecule has 0 unspecified atom stereocenters. The smallest absolute Gasteiger partial charge is 0.222 e. The molecule has 4 atom stereocenters. The molecule has 1 amide bonds. The van der Waals surface area contributed by atoms with Crippen molar-refractivity contribution in [2.75, 3.05) is 14.1 Å². The highest BCUT2D eigenvalue weighted by atomic mass is 32.1. The summed E-state index contributed by atoms with van der Waals surface area (Å²) in [5.41, 5.74) is 1.40. The van der Waals surface area contributed by atoms with Crippen LogP contribution in [0.2, 0.25) is 0 Å². The maximum atomic E-state index is 12.7. The van der Waals surface area contributed by atoms with Gasteiger partial charge in [0.05, 0.1) is 12.0 Å². The second-order valence-electron chi connectivity index (χ2n) is 7.93. The molecule has 1 aromatic rings. The van der Waals surface area contributed by atoms with E-state index in [9.17, 15) is 14.7 Å². The van der Waals surface area contributed by atoms with Crippen LogP contribution in [0.15, 0.2) is 35.2 Å². The third-order valence-electron chi connectivity index (χ3n) is 5.81. The predicted octanol–water partition coefficient (Wildman–Crippen LogP) is 3.92. The SMILES string of the molecule is CN(C)C(=O)CCCCC1=C[C@H]2C[C@@H](O)[C@H](C(=O)/C=C/c3cccs3)[C@H]2C1. The first-order valence-corrected chi connectivity index (χ1v) is 10.7. The van der Waals surface area contributed by atoms with Crippen LogP contribution >= 0.6 is 11.3 Å². The molecule has 0 aromatic carbocycles. The number of thiophene rings is 1. The van der Waals surface area contributed by atoms with E-state index in [4.69, 9.17) is 0 Å². The second-order valence-corrected chi connectivity index (χ2v) is 8.91.